The maximum atomic E-state index is 6.23. The highest BCUT2D eigenvalue weighted by Crippen LogP contribution is 2.19. The van der Waals surface area contributed by atoms with Crippen LogP contribution in [0.1, 0.15) is 18.0 Å². The van der Waals surface area contributed by atoms with Crippen molar-refractivity contribution in [3.05, 3.63) is 64.6 Å². The molecule has 0 fully saturated rings. The van der Waals surface area contributed by atoms with Crippen LogP contribution in [-0.2, 0) is 0 Å². The summed E-state index contributed by atoms with van der Waals surface area (Å²) in [4.78, 5) is 2.23. The highest BCUT2D eigenvalue weighted by atomic mass is 79.9. The highest BCUT2D eigenvalue weighted by molar-refractivity contribution is 9.10. The van der Waals surface area contributed by atoms with Gasteiger partial charge in [0.1, 0.15) is 0 Å². The van der Waals surface area contributed by atoms with Gasteiger partial charge < -0.3 is 10.6 Å². The Kier molecular flexibility index (Phi) is 5.00. The van der Waals surface area contributed by atoms with Crippen molar-refractivity contribution in [1.29, 1.82) is 0 Å². The van der Waals surface area contributed by atoms with E-state index >= 15 is 0 Å². The SMILES string of the molecule is CN(CCC(N)c1ccc(Br)cc1)c1ccccc1. The molecule has 0 bridgehead atoms. The Morgan fingerprint density at radius 3 is 2.32 bits per heavy atom. The molecule has 19 heavy (non-hydrogen) atoms. The van der Waals surface area contributed by atoms with Crippen molar-refractivity contribution in [2.24, 2.45) is 5.73 Å². The summed E-state index contributed by atoms with van der Waals surface area (Å²) in [5.74, 6) is 0. The van der Waals surface area contributed by atoms with Crippen molar-refractivity contribution in [3.63, 3.8) is 0 Å². The van der Waals surface area contributed by atoms with E-state index < -0.39 is 0 Å². The summed E-state index contributed by atoms with van der Waals surface area (Å²) in [5, 5.41) is 0. The van der Waals surface area contributed by atoms with E-state index in [0.717, 1.165) is 17.4 Å². The lowest BCUT2D eigenvalue weighted by atomic mass is 10.0. The average Bonchev–Trinajstić information content (AvgIpc) is 2.46. The van der Waals surface area contributed by atoms with Gasteiger partial charge >= 0.3 is 0 Å². The second-order valence-electron chi connectivity index (χ2n) is 4.70. The first-order valence-electron chi connectivity index (χ1n) is 6.44. The number of nitrogens with two attached hydrogens (primary N) is 1. The van der Waals surface area contributed by atoms with Crippen LogP contribution in [-0.4, -0.2) is 13.6 Å². The van der Waals surface area contributed by atoms with Gasteiger partial charge in [-0.15, -0.1) is 0 Å². The molecule has 2 nitrogen and oxygen atoms in total. The number of rotatable bonds is 5. The van der Waals surface area contributed by atoms with Gasteiger partial charge in [-0.3, -0.25) is 0 Å². The van der Waals surface area contributed by atoms with Crippen LogP contribution in [0.2, 0.25) is 0 Å². The van der Waals surface area contributed by atoms with Gasteiger partial charge in [0, 0.05) is 29.8 Å². The summed E-state index contributed by atoms with van der Waals surface area (Å²) in [6.07, 6.45) is 0.938. The van der Waals surface area contributed by atoms with Gasteiger partial charge in [-0.2, -0.15) is 0 Å². The number of hydrogen-bond donors (Lipinski definition) is 1. The third-order valence-corrected chi connectivity index (χ3v) is 3.80. The van der Waals surface area contributed by atoms with E-state index in [0.29, 0.717) is 0 Å². The molecule has 0 aromatic heterocycles. The van der Waals surface area contributed by atoms with E-state index in [4.69, 9.17) is 5.73 Å². The molecule has 0 amide bonds. The summed E-state index contributed by atoms with van der Waals surface area (Å²) in [5.41, 5.74) is 8.64. The Morgan fingerprint density at radius 2 is 1.68 bits per heavy atom. The van der Waals surface area contributed by atoms with E-state index in [1.165, 1.54) is 11.3 Å². The normalized spacial score (nSPS) is 12.2. The lowest BCUT2D eigenvalue weighted by Crippen LogP contribution is -2.23. The first-order chi connectivity index (χ1) is 9.16. The Balaban J connectivity index is 1.90. The van der Waals surface area contributed by atoms with E-state index in [9.17, 15) is 0 Å². The van der Waals surface area contributed by atoms with Gasteiger partial charge in [-0.05, 0) is 36.2 Å². The number of nitrogens with zero attached hydrogens (tertiary/aromatic N) is 1. The molecule has 3 heteroatoms. The Labute approximate surface area is 123 Å². The molecule has 0 saturated heterocycles. The monoisotopic (exact) mass is 318 g/mol. The van der Waals surface area contributed by atoms with Crippen molar-refractivity contribution < 1.29 is 0 Å². The number of anilines is 1. The Morgan fingerprint density at radius 1 is 1.05 bits per heavy atom. The molecular weight excluding hydrogens is 300 g/mol. The predicted molar refractivity (Wildman–Crippen MR) is 85.4 cm³/mol. The van der Waals surface area contributed by atoms with Crippen LogP contribution >= 0.6 is 15.9 Å². The first kappa shape index (κ1) is 14.1. The van der Waals surface area contributed by atoms with Crippen molar-refractivity contribution in [2.75, 3.05) is 18.5 Å². The number of halogens is 1. The molecule has 0 aliphatic rings. The molecule has 0 radical (unpaired) electrons. The minimum Gasteiger partial charge on any atom is -0.375 e. The van der Waals surface area contributed by atoms with E-state index in [1.807, 2.05) is 18.2 Å². The summed E-state index contributed by atoms with van der Waals surface area (Å²) in [6, 6.07) is 18.7. The van der Waals surface area contributed by atoms with Crippen LogP contribution in [0.25, 0.3) is 0 Å². The summed E-state index contributed by atoms with van der Waals surface area (Å²) >= 11 is 3.44. The molecule has 1 unspecified atom stereocenters. The molecule has 2 rings (SSSR count). The van der Waals surface area contributed by atoms with Crippen LogP contribution in [0.3, 0.4) is 0 Å². The highest BCUT2D eigenvalue weighted by Gasteiger charge is 2.07. The van der Waals surface area contributed by atoms with Crippen LogP contribution in [0.15, 0.2) is 59.1 Å². The fourth-order valence-corrected chi connectivity index (χ4v) is 2.29. The quantitative estimate of drug-likeness (QED) is 0.903. The van der Waals surface area contributed by atoms with Crippen LogP contribution < -0.4 is 10.6 Å². The zero-order valence-corrected chi connectivity index (χ0v) is 12.7. The molecule has 0 aliphatic heterocycles. The summed E-state index contributed by atoms with van der Waals surface area (Å²) in [6.45, 7) is 0.946. The zero-order chi connectivity index (χ0) is 13.7. The molecule has 0 spiro atoms. The fourth-order valence-electron chi connectivity index (χ4n) is 2.02. The lowest BCUT2D eigenvalue weighted by Gasteiger charge is -2.21. The number of hydrogen-bond acceptors (Lipinski definition) is 2. The van der Waals surface area contributed by atoms with E-state index in [-0.39, 0.29) is 6.04 Å². The molecule has 2 aromatic carbocycles. The molecule has 0 heterocycles. The summed E-state index contributed by atoms with van der Waals surface area (Å²) < 4.78 is 1.09. The predicted octanol–water partition coefficient (Wildman–Crippen LogP) is 3.98. The molecule has 2 aromatic rings. The van der Waals surface area contributed by atoms with E-state index in [1.54, 1.807) is 0 Å². The minimum atomic E-state index is 0.0827. The lowest BCUT2D eigenvalue weighted by molar-refractivity contribution is 0.645. The van der Waals surface area contributed by atoms with Gasteiger partial charge in [-0.25, -0.2) is 0 Å². The first-order valence-corrected chi connectivity index (χ1v) is 7.23. The second kappa shape index (κ2) is 6.73. The maximum Gasteiger partial charge on any atom is 0.0363 e. The summed E-state index contributed by atoms with van der Waals surface area (Å²) in [7, 11) is 2.10. The molecule has 100 valence electrons. The van der Waals surface area contributed by atoms with Gasteiger partial charge in [-0.1, -0.05) is 46.3 Å². The molecule has 1 atom stereocenters. The molecule has 0 aliphatic carbocycles. The second-order valence-corrected chi connectivity index (χ2v) is 5.62. The van der Waals surface area contributed by atoms with Crippen LogP contribution in [0.5, 0.6) is 0 Å². The van der Waals surface area contributed by atoms with Crippen molar-refractivity contribution in [3.8, 4) is 0 Å². The average molecular weight is 319 g/mol. The fraction of sp³-hybridized carbons (Fsp3) is 0.250. The maximum absolute atomic E-state index is 6.23. The van der Waals surface area contributed by atoms with Crippen LogP contribution in [0.4, 0.5) is 5.69 Å². The van der Waals surface area contributed by atoms with Gasteiger partial charge in [0.05, 0.1) is 0 Å². The van der Waals surface area contributed by atoms with Gasteiger partial charge in [0.25, 0.3) is 0 Å². The van der Waals surface area contributed by atoms with Crippen molar-refractivity contribution >= 4 is 21.6 Å². The smallest absolute Gasteiger partial charge is 0.0363 e. The van der Waals surface area contributed by atoms with Crippen molar-refractivity contribution in [1.82, 2.24) is 0 Å². The third-order valence-electron chi connectivity index (χ3n) is 3.27. The van der Waals surface area contributed by atoms with Gasteiger partial charge in [0.2, 0.25) is 0 Å². The standard InChI is InChI=1S/C16H19BrN2/c1-19(15-5-3-2-4-6-15)12-11-16(18)13-7-9-14(17)10-8-13/h2-10,16H,11-12,18H2,1H3. The van der Waals surface area contributed by atoms with Gasteiger partial charge in [0.15, 0.2) is 0 Å². The van der Waals surface area contributed by atoms with Crippen molar-refractivity contribution in [2.45, 2.75) is 12.5 Å². The Hall–Kier alpha value is -1.32. The third kappa shape index (κ3) is 4.08. The molecule has 0 saturated carbocycles. The Bertz CT molecular complexity index is 496. The number of para-hydroxylation sites is 1. The number of benzene rings is 2. The van der Waals surface area contributed by atoms with Crippen LogP contribution in [0, 0.1) is 0 Å². The zero-order valence-electron chi connectivity index (χ0n) is 11.1. The molecule has 2 N–H and O–H groups in total. The largest absolute Gasteiger partial charge is 0.375 e. The topological polar surface area (TPSA) is 29.3 Å². The van der Waals surface area contributed by atoms with E-state index in [2.05, 4.69) is 64.3 Å². The molecular formula is C16H19BrN2. The minimum absolute atomic E-state index is 0.0827.